The first-order valence-corrected chi connectivity index (χ1v) is 4.05. The second-order valence-electron chi connectivity index (χ2n) is 1.86. The fraction of sp³-hybridized carbons (Fsp3) is 0.800. The van der Waals surface area contributed by atoms with Crippen molar-refractivity contribution >= 4 is 16.9 Å². The molecule has 7 heavy (non-hydrogen) atoms. The summed E-state index contributed by atoms with van der Waals surface area (Å²) < 4.78 is 0.807. The van der Waals surface area contributed by atoms with Crippen LogP contribution in [0.1, 0.15) is 12.8 Å². The third-order valence-electron chi connectivity index (χ3n) is 1.12. The van der Waals surface area contributed by atoms with Crippen LogP contribution in [0.3, 0.4) is 0 Å². The molecule has 2 radical (unpaired) electrons. The van der Waals surface area contributed by atoms with Crippen LogP contribution in [0, 0.1) is 6.54 Å². The summed E-state index contributed by atoms with van der Waals surface area (Å²) in [5, 5.41) is 4.15. The van der Waals surface area contributed by atoms with Gasteiger partial charge in [0.25, 0.3) is 0 Å². The first kappa shape index (κ1) is 5.65. The van der Waals surface area contributed by atoms with Crippen molar-refractivity contribution in [3.8, 4) is 0 Å². The molecule has 0 aromatic rings. The standard InChI is InChI=1S/C5H10AsN/c6-5-2-1-3-7-4-5/h4-5H,1-3,6H2. The summed E-state index contributed by atoms with van der Waals surface area (Å²) in [6, 6.07) is 0. The summed E-state index contributed by atoms with van der Waals surface area (Å²) in [4.78, 5) is 0. The molecule has 0 N–H and O–H groups in total. The molecule has 0 aromatic heterocycles. The Balaban J connectivity index is 2.12. The molecular formula is C5H10AsN. The summed E-state index contributed by atoms with van der Waals surface area (Å²) in [7, 11) is 0. The van der Waals surface area contributed by atoms with Crippen molar-refractivity contribution in [3.63, 3.8) is 0 Å². The molecule has 2 atom stereocenters. The molecular weight excluding hydrogens is 149 g/mol. The van der Waals surface area contributed by atoms with E-state index in [-0.39, 0.29) is 0 Å². The molecule has 1 fully saturated rings. The Morgan fingerprint density at radius 1 is 1.71 bits per heavy atom. The van der Waals surface area contributed by atoms with Crippen molar-refractivity contribution < 1.29 is 0 Å². The quantitative estimate of drug-likeness (QED) is 0.440. The zero-order valence-corrected chi connectivity index (χ0v) is 6.72. The van der Waals surface area contributed by atoms with Crippen LogP contribution in [0.4, 0.5) is 0 Å². The normalized spacial score (nSPS) is 33.0. The molecule has 1 aliphatic rings. The Morgan fingerprint density at radius 2 is 2.57 bits per heavy atom. The molecule has 1 aliphatic heterocycles. The maximum absolute atomic E-state index is 4.15. The molecule has 1 rings (SSSR count). The Kier molecular flexibility index (Phi) is 2.21. The molecule has 1 heterocycles. The summed E-state index contributed by atoms with van der Waals surface area (Å²) >= 11 is 1.80. The fourth-order valence-corrected chi connectivity index (χ4v) is 1.45. The fourth-order valence-electron chi connectivity index (χ4n) is 0.703. The van der Waals surface area contributed by atoms with Gasteiger partial charge in [-0.3, -0.25) is 0 Å². The van der Waals surface area contributed by atoms with Crippen LogP contribution in [0.25, 0.3) is 0 Å². The van der Waals surface area contributed by atoms with E-state index in [1.807, 2.05) is 0 Å². The molecule has 0 aromatic carbocycles. The van der Waals surface area contributed by atoms with E-state index in [1.54, 1.807) is 16.9 Å². The van der Waals surface area contributed by atoms with E-state index in [2.05, 4.69) is 11.9 Å². The molecule has 0 amide bonds. The van der Waals surface area contributed by atoms with Gasteiger partial charge < -0.3 is 0 Å². The summed E-state index contributed by atoms with van der Waals surface area (Å²) in [6.07, 6.45) is 2.67. The molecule has 0 bridgehead atoms. The number of rotatable bonds is 0. The zero-order chi connectivity index (χ0) is 5.11. The summed E-state index contributed by atoms with van der Waals surface area (Å²) in [6.45, 7) is 3.16. The maximum atomic E-state index is 4.15. The summed E-state index contributed by atoms with van der Waals surface area (Å²) in [5.41, 5.74) is 0. The van der Waals surface area contributed by atoms with Crippen LogP contribution >= 0.6 is 0 Å². The van der Waals surface area contributed by atoms with Crippen molar-refractivity contribution in [2.24, 2.45) is 0 Å². The molecule has 1 saturated heterocycles. The number of hydrogen-bond acceptors (Lipinski definition) is 0. The predicted molar refractivity (Wildman–Crippen MR) is 32.8 cm³/mol. The van der Waals surface area contributed by atoms with Gasteiger partial charge in [-0.1, -0.05) is 0 Å². The van der Waals surface area contributed by atoms with Crippen molar-refractivity contribution in [1.29, 1.82) is 0 Å². The van der Waals surface area contributed by atoms with Crippen molar-refractivity contribution in [2.75, 3.05) is 6.54 Å². The van der Waals surface area contributed by atoms with Gasteiger partial charge in [-0.2, -0.15) is 0 Å². The van der Waals surface area contributed by atoms with Gasteiger partial charge in [0.2, 0.25) is 0 Å². The Hall–Kier alpha value is 0.518. The molecule has 0 spiro atoms. The molecule has 40 valence electrons. The Bertz CT molecular complexity index is 50.0. The van der Waals surface area contributed by atoms with Gasteiger partial charge in [0.1, 0.15) is 0 Å². The van der Waals surface area contributed by atoms with Crippen molar-refractivity contribution in [3.05, 3.63) is 6.54 Å². The first-order valence-electron chi connectivity index (χ1n) is 2.65. The van der Waals surface area contributed by atoms with Gasteiger partial charge in [0.05, 0.1) is 0 Å². The Labute approximate surface area is 53.4 Å². The minimum absolute atomic E-state index is 0.807. The zero-order valence-electron chi connectivity index (χ0n) is 4.30. The van der Waals surface area contributed by atoms with Crippen molar-refractivity contribution in [2.45, 2.75) is 17.5 Å². The topological polar surface area (TPSA) is 14.1 Å². The van der Waals surface area contributed by atoms with E-state index in [4.69, 9.17) is 0 Å². The second-order valence-corrected chi connectivity index (χ2v) is 3.66. The number of nitrogens with zero attached hydrogens (tertiary/aromatic N) is 1. The third-order valence-corrected chi connectivity index (χ3v) is 2.18. The predicted octanol–water partition coefficient (Wildman–Crippen LogP) is -0.0320. The van der Waals surface area contributed by atoms with Crippen LogP contribution in [0.15, 0.2) is 0 Å². The van der Waals surface area contributed by atoms with E-state index in [9.17, 15) is 0 Å². The molecule has 2 unspecified atom stereocenters. The molecule has 0 saturated carbocycles. The second kappa shape index (κ2) is 2.74. The van der Waals surface area contributed by atoms with Gasteiger partial charge in [-0.05, 0) is 0 Å². The first-order chi connectivity index (χ1) is 3.39. The Morgan fingerprint density at radius 3 is 2.86 bits per heavy atom. The average molecular weight is 159 g/mol. The van der Waals surface area contributed by atoms with E-state index < -0.39 is 0 Å². The number of piperidine rings is 1. The number of hydrogen-bond donors (Lipinski definition) is 0. The van der Waals surface area contributed by atoms with Gasteiger partial charge >= 0.3 is 52.8 Å². The van der Waals surface area contributed by atoms with Gasteiger partial charge in [0, 0.05) is 0 Å². The average Bonchev–Trinajstić information content (AvgIpc) is 1.69. The SMILES string of the molecule is [AsH2]C1[CH][N]CCC1. The molecule has 1 nitrogen and oxygen atoms in total. The van der Waals surface area contributed by atoms with E-state index >= 15 is 0 Å². The van der Waals surface area contributed by atoms with Crippen molar-refractivity contribution in [1.82, 2.24) is 5.32 Å². The van der Waals surface area contributed by atoms with Gasteiger partial charge in [-0.25, -0.2) is 0 Å². The van der Waals surface area contributed by atoms with Crippen LogP contribution in [0.2, 0.25) is 4.71 Å². The molecule has 0 aliphatic carbocycles. The monoisotopic (exact) mass is 159 g/mol. The van der Waals surface area contributed by atoms with Crippen LogP contribution in [0.5, 0.6) is 0 Å². The van der Waals surface area contributed by atoms with Gasteiger partial charge in [-0.15, -0.1) is 0 Å². The van der Waals surface area contributed by atoms with Crippen LogP contribution in [-0.4, -0.2) is 23.4 Å². The molecule has 2 heteroatoms. The third kappa shape index (κ3) is 1.83. The van der Waals surface area contributed by atoms with E-state index in [0.29, 0.717) is 0 Å². The van der Waals surface area contributed by atoms with Gasteiger partial charge in [0.15, 0.2) is 0 Å². The summed E-state index contributed by atoms with van der Waals surface area (Å²) in [5.74, 6) is 0. The van der Waals surface area contributed by atoms with Crippen LogP contribution in [-0.2, 0) is 0 Å². The van der Waals surface area contributed by atoms with E-state index in [1.165, 1.54) is 12.8 Å². The minimum atomic E-state index is 0.807. The van der Waals surface area contributed by atoms with Crippen LogP contribution < -0.4 is 5.32 Å². The van der Waals surface area contributed by atoms with E-state index in [0.717, 1.165) is 11.3 Å².